The maximum absolute atomic E-state index is 11.1. The molecule has 0 radical (unpaired) electrons. The average Bonchev–Trinajstić information content (AvgIpc) is 2.76. The van der Waals surface area contributed by atoms with Gasteiger partial charge >= 0.3 is 5.97 Å². The van der Waals surface area contributed by atoms with Crippen molar-refractivity contribution in [1.29, 1.82) is 0 Å². The number of carboxylic acid groups (broad SMARTS) is 1. The minimum absolute atomic E-state index is 0.159. The van der Waals surface area contributed by atoms with Crippen LogP contribution in [0.2, 0.25) is 0 Å². The molecule has 0 amide bonds. The number of nitrogens with zero attached hydrogens (tertiary/aromatic N) is 1. The highest BCUT2D eigenvalue weighted by atomic mass is 79.9. The summed E-state index contributed by atoms with van der Waals surface area (Å²) in [6.45, 7) is 0.866. The Morgan fingerprint density at radius 3 is 3.06 bits per heavy atom. The first kappa shape index (κ1) is 10.1. The first-order valence-electron chi connectivity index (χ1n) is 5.45. The summed E-state index contributed by atoms with van der Waals surface area (Å²) >= 11 is 3.54. The maximum Gasteiger partial charge on any atom is 0.308 e. The van der Waals surface area contributed by atoms with Crippen molar-refractivity contribution in [1.82, 2.24) is 0 Å². The Hall–Kier alpha value is -1.03. The molecule has 4 heteroatoms. The van der Waals surface area contributed by atoms with Crippen molar-refractivity contribution < 1.29 is 9.90 Å². The van der Waals surface area contributed by atoms with Crippen LogP contribution in [0.4, 0.5) is 5.69 Å². The van der Waals surface area contributed by atoms with Gasteiger partial charge in [-0.2, -0.15) is 0 Å². The second kappa shape index (κ2) is 3.48. The Kier molecular flexibility index (Phi) is 2.21. The number of anilines is 1. The normalized spacial score (nSPS) is 26.7. The summed E-state index contributed by atoms with van der Waals surface area (Å²) in [6, 6.07) is 6.28. The zero-order chi connectivity index (χ0) is 11.3. The van der Waals surface area contributed by atoms with Gasteiger partial charge in [0.05, 0.1) is 5.92 Å². The van der Waals surface area contributed by atoms with Crippen LogP contribution in [-0.4, -0.2) is 23.7 Å². The lowest BCUT2D eigenvalue weighted by Gasteiger charge is -2.20. The Balaban J connectivity index is 2.00. The van der Waals surface area contributed by atoms with Crippen LogP contribution in [0.15, 0.2) is 22.7 Å². The van der Waals surface area contributed by atoms with Gasteiger partial charge in [0, 0.05) is 22.7 Å². The summed E-state index contributed by atoms with van der Waals surface area (Å²) in [7, 11) is 0. The van der Waals surface area contributed by atoms with Crippen molar-refractivity contribution in [2.45, 2.75) is 18.9 Å². The Morgan fingerprint density at radius 1 is 1.50 bits per heavy atom. The SMILES string of the molecule is O=C(O)C1CCN2c3cccc(Br)c3CC12. The molecule has 16 heavy (non-hydrogen) atoms. The van der Waals surface area contributed by atoms with Gasteiger partial charge < -0.3 is 10.0 Å². The number of hydrogen-bond acceptors (Lipinski definition) is 2. The highest BCUT2D eigenvalue weighted by molar-refractivity contribution is 9.10. The molecular formula is C12H12BrNO2. The molecular weight excluding hydrogens is 270 g/mol. The van der Waals surface area contributed by atoms with Crippen LogP contribution >= 0.6 is 15.9 Å². The molecule has 0 aliphatic carbocycles. The molecule has 1 fully saturated rings. The lowest BCUT2D eigenvalue weighted by atomic mass is 9.97. The number of carboxylic acids is 1. The number of hydrogen-bond donors (Lipinski definition) is 1. The van der Waals surface area contributed by atoms with Crippen molar-refractivity contribution >= 4 is 27.6 Å². The molecule has 3 rings (SSSR count). The molecule has 2 aliphatic heterocycles. The Morgan fingerprint density at radius 2 is 2.31 bits per heavy atom. The fraction of sp³-hybridized carbons (Fsp3) is 0.417. The molecule has 0 saturated carbocycles. The van der Waals surface area contributed by atoms with Crippen LogP contribution in [0.25, 0.3) is 0 Å². The van der Waals surface area contributed by atoms with Gasteiger partial charge in [0.15, 0.2) is 0 Å². The van der Waals surface area contributed by atoms with Crippen molar-refractivity contribution in [3.8, 4) is 0 Å². The van der Waals surface area contributed by atoms with Gasteiger partial charge in [-0.1, -0.05) is 22.0 Å². The van der Waals surface area contributed by atoms with E-state index in [-0.39, 0.29) is 12.0 Å². The second-order valence-corrected chi connectivity index (χ2v) is 5.29. The lowest BCUT2D eigenvalue weighted by molar-refractivity contribution is -0.141. The molecule has 84 valence electrons. The number of aliphatic carboxylic acids is 1. The number of rotatable bonds is 1. The fourth-order valence-corrected chi connectivity index (χ4v) is 3.44. The predicted octanol–water partition coefficient (Wildman–Crippen LogP) is 2.28. The molecule has 2 heterocycles. The first-order chi connectivity index (χ1) is 7.68. The molecule has 1 aromatic carbocycles. The molecule has 0 spiro atoms. The summed E-state index contributed by atoms with van der Waals surface area (Å²) in [4.78, 5) is 13.4. The molecule has 0 bridgehead atoms. The van der Waals surface area contributed by atoms with Crippen molar-refractivity contribution in [2.75, 3.05) is 11.4 Å². The van der Waals surface area contributed by atoms with E-state index in [0.717, 1.165) is 23.9 Å². The van der Waals surface area contributed by atoms with Crippen molar-refractivity contribution in [3.63, 3.8) is 0 Å². The third-order valence-electron chi connectivity index (χ3n) is 3.68. The summed E-state index contributed by atoms with van der Waals surface area (Å²) in [6.07, 6.45) is 1.62. The van der Waals surface area contributed by atoms with E-state index in [1.54, 1.807) is 0 Å². The molecule has 1 N–H and O–H groups in total. The summed E-state index contributed by atoms with van der Waals surface area (Å²) in [5.41, 5.74) is 2.47. The number of fused-ring (bicyclic) bond motifs is 3. The molecule has 1 saturated heterocycles. The first-order valence-corrected chi connectivity index (χ1v) is 6.24. The van der Waals surface area contributed by atoms with Crippen LogP contribution in [0.1, 0.15) is 12.0 Å². The van der Waals surface area contributed by atoms with E-state index in [1.807, 2.05) is 12.1 Å². The molecule has 0 aromatic heterocycles. The van der Waals surface area contributed by atoms with Gasteiger partial charge in [-0.05, 0) is 30.5 Å². The van der Waals surface area contributed by atoms with Crippen LogP contribution in [0, 0.1) is 5.92 Å². The monoisotopic (exact) mass is 281 g/mol. The summed E-state index contributed by atoms with van der Waals surface area (Å²) < 4.78 is 1.10. The van der Waals surface area contributed by atoms with E-state index in [9.17, 15) is 9.90 Å². The van der Waals surface area contributed by atoms with Crippen molar-refractivity contribution in [2.24, 2.45) is 5.92 Å². The molecule has 1 aromatic rings. The van der Waals surface area contributed by atoms with Crippen LogP contribution in [-0.2, 0) is 11.2 Å². The molecule has 2 aliphatic rings. The summed E-state index contributed by atoms with van der Waals surface area (Å²) in [5, 5.41) is 9.17. The Labute approximate surface area is 102 Å². The van der Waals surface area contributed by atoms with Gasteiger partial charge in [0.1, 0.15) is 0 Å². The van der Waals surface area contributed by atoms with E-state index in [2.05, 4.69) is 26.9 Å². The number of halogens is 1. The smallest absolute Gasteiger partial charge is 0.308 e. The fourth-order valence-electron chi connectivity index (χ4n) is 2.92. The standard InChI is InChI=1S/C12H12BrNO2/c13-9-2-1-3-10-8(9)6-11-7(12(15)16)4-5-14(10)11/h1-3,7,11H,4-6H2,(H,15,16). The van der Waals surface area contributed by atoms with Gasteiger partial charge in [-0.25, -0.2) is 0 Å². The average molecular weight is 282 g/mol. The zero-order valence-corrected chi connectivity index (χ0v) is 10.3. The Bertz CT molecular complexity index is 460. The topological polar surface area (TPSA) is 40.5 Å². The maximum atomic E-state index is 11.1. The van der Waals surface area contributed by atoms with Crippen LogP contribution < -0.4 is 4.90 Å². The van der Waals surface area contributed by atoms with E-state index < -0.39 is 5.97 Å². The second-order valence-electron chi connectivity index (χ2n) is 4.44. The highest BCUT2D eigenvalue weighted by Gasteiger charge is 2.43. The van der Waals surface area contributed by atoms with Crippen LogP contribution in [0.5, 0.6) is 0 Å². The van der Waals surface area contributed by atoms with Gasteiger partial charge in [0.25, 0.3) is 0 Å². The molecule has 2 atom stereocenters. The molecule has 3 nitrogen and oxygen atoms in total. The van der Waals surface area contributed by atoms with E-state index in [0.29, 0.717) is 0 Å². The largest absolute Gasteiger partial charge is 0.481 e. The minimum Gasteiger partial charge on any atom is -0.481 e. The quantitative estimate of drug-likeness (QED) is 0.859. The summed E-state index contributed by atoms with van der Waals surface area (Å²) in [5.74, 6) is -0.865. The third-order valence-corrected chi connectivity index (χ3v) is 4.42. The minimum atomic E-state index is -0.656. The van der Waals surface area contributed by atoms with Gasteiger partial charge in [-0.15, -0.1) is 0 Å². The van der Waals surface area contributed by atoms with Gasteiger partial charge in [-0.3, -0.25) is 4.79 Å². The van der Waals surface area contributed by atoms with Crippen molar-refractivity contribution in [3.05, 3.63) is 28.2 Å². The van der Waals surface area contributed by atoms with E-state index in [4.69, 9.17) is 0 Å². The van der Waals surface area contributed by atoms with E-state index in [1.165, 1.54) is 11.3 Å². The number of carbonyl (C=O) groups is 1. The van der Waals surface area contributed by atoms with E-state index >= 15 is 0 Å². The zero-order valence-electron chi connectivity index (χ0n) is 8.69. The number of benzene rings is 1. The molecule has 2 unspecified atom stereocenters. The van der Waals surface area contributed by atoms with Gasteiger partial charge in [0.2, 0.25) is 0 Å². The third kappa shape index (κ3) is 1.29. The predicted molar refractivity (Wildman–Crippen MR) is 64.7 cm³/mol. The highest BCUT2D eigenvalue weighted by Crippen LogP contribution is 2.43. The van der Waals surface area contributed by atoms with Crippen LogP contribution in [0.3, 0.4) is 0 Å². The lowest BCUT2D eigenvalue weighted by Crippen LogP contribution is -2.32.